The summed E-state index contributed by atoms with van der Waals surface area (Å²) < 4.78 is 25.1. The second-order valence-corrected chi connectivity index (χ2v) is 10.3. The summed E-state index contributed by atoms with van der Waals surface area (Å²) in [5, 5.41) is 3.73. The fraction of sp³-hybridized carbons (Fsp3) is 0. The van der Waals surface area contributed by atoms with Crippen LogP contribution in [0.5, 0.6) is 11.5 Å². The van der Waals surface area contributed by atoms with Gasteiger partial charge in [-0.3, -0.25) is 0 Å². The van der Waals surface area contributed by atoms with Crippen molar-refractivity contribution >= 4 is 29.4 Å². The Kier molecular flexibility index (Phi) is 6.15. The summed E-state index contributed by atoms with van der Waals surface area (Å²) in [4.78, 5) is 13.4. The molecule has 1 aliphatic rings. The van der Waals surface area contributed by atoms with E-state index < -0.39 is 7.82 Å². The average molecular weight is 506 g/mol. The van der Waals surface area contributed by atoms with Crippen LogP contribution < -0.4 is 32.8 Å². The van der Waals surface area contributed by atoms with Crippen molar-refractivity contribution in [1.29, 1.82) is 0 Å². The molecule has 6 heteroatoms. The van der Waals surface area contributed by atoms with Crippen LogP contribution in [0.1, 0.15) is 0 Å². The van der Waals surface area contributed by atoms with Crippen molar-refractivity contribution in [2.45, 2.75) is 0 Å². The SMILES string of the molecule is O=P1([O-])Oc2c(-c3ccccc3)cc3ccccc3c2-c2c(c(-c3ccccc3)cc3ccccc23)O1.[Li+]. The van der Waals surface area contributed by atoms with Crippen molar-refractivity contribution in [2.24, 2.45) is 0 Å². The number of rotatable bonds is 2. The quantitative estimate of drug-likeness (QED) is 0.238. The van der Waals surface area contributed by atoms with Crippen molar-refractivity contribution in [3.05, 3.63) is 121 Å². The van der Waals surface area contributed by atoms with E-state index in [1.807, 2.05) is 121 Å². The van der Waals surface area contributed by atoms with Gasteiger partial charge in [0.15, 0.2) is 0 Å². The van der Waals surface area contributed by atoms with Gasteiger partial charge in [0, 0.05) is 22.3 Å². The second-order valence-electron chi connectivity index (χ2n) is 9.06. The Labute approximate surface area is 232 Å². The van der Waals surface area contributed by atoms with Gasteiger partial charge in [0.25, 0.3) is 0 Å². The van der Waals surface area contributed by atoms with Crippen molar-refractivity contribution in [2.75, 3.05) is 0 Å². The molecule has 0 fully saturated rings. The van der Waals surface area contributed by atoms with E-state index in [1.54, 1.807) is 0 Å². The predicted molar refractivity (Wildman–Crippen MR) is 147 cm³/mol. The smallest absolute Gasteiger partial charge is 0.736 e. The van der Waals surface area contributed by atoms with Gasteiger partial charge in [-0.15, -0.1) is 0 Å². The van der Waals surface area contributed by atoms with E-state index in [2.05, 4.69) is 0 Å². The molecule has 0 atom stereocenters. The Balaban J connectivity index is 0.00000264. The maximum atomic E-state index is 13.4. The zero-order valence-corrected chi connectivity index (χ0v) is 21.5. The van der Waals surface area contributed by atoms with E-state index in [1.165, 1.54) is 0 Å². The average Bonchev–Trinajstić information content (AvgIpc) is 3.06. The second kappa shape index (κ2) is 9.51. The maximum absolute atomic E-state index is 13.4. The fourth-order valence-electron chi connectivity index (χ4n) is 5.25. The molecule has 0 N–H and O–H groups in total. The summed E-state index contributed by atoms with van der Waals surface area (Å²) in [5.74, 6) is 0.551. The van der Waals surface area contributed by atoms with Crippen LogP contribution in [0.4, 0.5) is 0 Å². The molecule has 178 valence electrons. The predicted octanol–water partition coefficient (Wildman–Crippen LogP) is 5.24. The molecule has 6 aromatic carbocycles. The number of phosphoric ester groups is 1. The van der Waals surface area contributed by atoms with E-state index in [9.17, 15) is 9.46 Å². The number of fused-ring (bicyclic) bond motifs is 7. The van der Waals surface area contributed by atoms with Crippen LogP contribution in [0.25, 0.3) is 54.9 Å². The Morgan fingerprint density at radius 2 is 0.895 bits per heavy atom. The van der Waals surface area contributed by atoms with Crippen LogP contribution in [0.15, 0.2) is 121 Å². The van der Waals surface area contributed by atoms with Crippen molar-refractivity contribution in [3.63, 3.8) is 0 Å². The molecule has 0 radical (unpaired) electrons. The van der Waals surface area contributed by atoms with Gasteiger partial charge >= 0.3 is 26.7 Å². The molecule has 0 amide bonds. The molecule has 0 saturated heterocycles. The minimum atomic E-state index is -4.80. The van der Waals surface area contributed by atoms with Gasteiger partial charge in [-0.05, 0) is 44.8 Å². The van der Waals surface area contributed by atoms with E-state index in [0.29, 0.717) is 22.3 Å². The summed E-state index contributed by atoms with van der Waals surface area (Å²) in [6, 6.07) is 39.3. The normalized spacial score (nSPS) is 13.4. The van der Waals surface area contributed by atoms with Crippen LogP contribution in [0, 0.1) is 0 Å². The first-order chi connectivity index (χ1) is 18.1. The van der Waals surface area contributed by atoms with Gasteiger partial charge in [0.2, 0.25) is 0 Å². The van der Waals surface area contributed by atoms with Crippen molar-refractivity contribution in [1.82, 2.24) is 0 Å². The fourth-order valence-corrected chi connectivity index (χ4v) is 6.11. The third-order valence-electron chi connectivity index (χ3n) is 6.83. The third-order valence-corrected chi connectivity index (χ3v) is 7.64. The van der Waals surface area contributed by atoms with Gasteiger partial charge < -0.3 is 13.9 Å². The summed E-state index contributed by atoms with van der Waals surface area (Å²) in [6.07, 6.45) is 0. The molecular weight excluding hydrogens is 486 g/mol. The Bertz CT molecular complexity index is 1740. The summed E-state index contributed by atoms with van der Waals surface area (Å²) in [7, 11) is -4.80. The maximum Gasteiger partial charge on any atom is 1.00 e. The minimum Gasteiger partial charge on any atom is -0.736 e. The summed E-state index contributed by atoms with van der Waals surface area (Å²) in [5.41, 5.74) is 4.50. The van der Waals surface area contributed by atoms with E-state index in [0.717, 1.165) is 32.7 Å². The molecule has 0 aliphatic carbocycles. The number of benzene rings is 6. The van der Waals surface area contributed by atoms with Crippen LogP contribution in [0.2, 0.25) is 0 Å². The molecule has 7 rings (SSSR count). The zero-order valence-electron chi connectivity index (χ0n) is 20.6. The van der Waals surface area contributed by atoms with Gasteiger partial charge in [-0.1, -0.05) is 109 Å². The molecule has 0 saturated carbocycles. The van der Waals surface area contributed by atoms with Crippen molar-refractivity contribution in [3.8, 4) is 44.9 Å². The zero-order chi connectivity index (χ0) is 25.0. The molecule has 0 spiro atoms. The standard InChI is InChI=1S/C32H21O4P.Li/c33-37(34)35-31-27(21-11-3-1-4-12-21)19-23-15-7-9-17-25(23)29(31)30-26-18-10-8-16-24(26)20-28(32(30)36-37)22-13-5-2-6-14-22;/h1-20H,(H,33,34);/q;+1/p-1. The van der Waals surface area contributed by atoms with Gasteiger partial charge in [-0.25, -0.2) is 4.57 Å². The monoisotopic (exact) mass is 506 g/mol. The molecular formula is C32H20LiO4P. The molecule has 4 nitrogen and oxygen atoms in total. The van der Waals surface area contributed by atoms with E-state index >= 15 is 0 Å². The molecule has 0 aromatic heterocycles. The molecule has 1 heterocycles. The summed E-state index contributed by atoms with van der Waals surface area (Å²) in [6.45, 7) is 0. The molecule has 0 bridgehead atoms. The number of phosphoric acid groups is 1. The van der Waals surface area contributed by atoms with Crippen molar-refractivity contribution < 1.29 is 37.4 Å². The molecule has 0 unspecified atom stereocenters. The molecule has 38 heavy (non-hydrogen) atoms. The van der Waals surface area contributed by atoms with E-state index in [-0.39, 0.29) is 30.4 Å². The minimum absolute atomic E-state index is 0. The number of hydrogen-bond donors (Lipinski definition) is 0. The van der Waals surface area contributed by atoms with Crippen LogP contribution >= 0.6 is 7.82 Å². The molecule has 1 aliphatic heterocycles. The topological polar surface area (TPSA) is 58.6 Å². The Morgan fingerprint density at radius 1 is 0.526 bits per heavy atom. The van der Waals surface area contributed by atoms with Gasteiger partial charge in [0.05, 0.1) is 0 Å². The van der Waals surface area contributed by atoms with Crippen LogP contribution in [-0.2, 0) is 4.57 Å². The number of hydrogen-bond acceptors (Lipinski definition) is 4. The summed E-state index contributed by atoms with van der Waals surface area (Å²) >= 11 is 0. The first kappa shape index (κ1) is 24.6. The van der Waals surface area contributed by atoms with Crippen LogP contribution in [0.3, 0.4) is 0 Å². The third kappa shape index (κ3) is 4.04. The Hall–Kier alpha value is -3.77. The van der Waals surface area contributed by atoms with Gasteiger partial charge in [-0.2, -0.15) is 0 Å². The molecule has 6 aromatic rings. The van der Waals surface area contributed by atoms with Crippen LogP contribution in [-0.4, -0.2) is 0 Å². The largest absolute Gasteiger partial charge is 1.00 e. The van der Waals surface area contributed by atoms with E-state index in [4.69, 9.17) is 9.05 Å². The first-order valence-corrected chi connectivity index (χ1v) is 13.5. The van der Waals surface area contributed by atoms with Gasteiger partial charge in [0.1, 0.15) is 11.5 Å². The Morgan fingerprint density at radius 3 is 1.32 bits per heavy atom. The first-order valence-electron chi connectivity index (χ1n) is 12.0.